The number of hydrogen-bond acceptors (Lipinski definition) is 5. The molecule has 2 atom stereocenters. The molecule has 1 saturated carbocycles. The van der Waals surface area contributed by atoms with Crippen LogP contribution in [-0.2, 0) is 9.59 Å². The van der Waals surface area contributed by atoms with Crippen LogP contribution in [0.1, 0.15) is 23.0 Å². The molecular weight excluding hydrogens is 340 g/mol. The summed E-state index contributed by atoms with van der Waals surface area (Å²) in [4.78, 5) is 23.8. The summed E-state index contributed by atoms with van der Waals surface area (Å²) in [5, 5.41) is 38.6. The Morgan fingerprint density at radius 2 is 1.35 bits per heavy atom. The van der Waals surface area contributed by atoms with E-state index in [-0.39, 0.29) is 17.2 Å². The Morgan fingerprint density at radius 1 is 0.846 bits per heavy atom. The predicted octanol–water partition coefficient (Wildman–Crippen LogP) is 2.39. The van der Waals surface area contributed by atoms with Gasteiger partial charge in [0, 0.05) is 11.8 Å². The Labute approximate surface area is 149 Å². The molecular formula is C19H18O7. The van der Waals surface area contributed by atoms with Crippen molar-refractivity contribution in [3.05, 3.63) is 53.6 Å². The number of phenolic OH excluding ortho intramolecular Hbond substituents is 2. The standard InChI is InChI=1S/C19H18O7/c1-26-13-8-10(4-7-12(13)21)15-16(18(22)23)14(17(15)19(24)25)9-2-5-11(20)6-3-9/h2-8,14-17,20-21H,1H3,(H,22,23)(H,24,25)/t14?,15?,16-,17-/m0/s1. The predicted molar refractivity (Wildman–Crippen MR) is 90.5 cm³/mol. The lowest BCUT2D eigenvalue weighted by atomic mass is 9.52. The number of methoxy groups -OCH3 is 1. The number of carbonyl (C=O) groups is 2. The lowest BCUT2D eigenvalue weighted by Gasteiger charge is -2.48. The number of aliphatic carboxylic acids is 2. The molecule has 1 aliphatic rings. The second-order valence-electron chi connectivity index (χ2n) is 6.30. The van der Waals surface area contributed by atoms with E-state index in [1.807, 2.05) is 0 Å². The lowest BCUT2D eigenvalue weighted by molar-refractivity contribution is -0.159. The van der Waals surface area contributed by atoms with Crippen molar-refractivity contribution < 1.29 is 34.8 Å². The quantitative estimate of drug-likeness (QED) is 0.647. The fourth-order valence-corrected chi connectivity index (χ4v) is 3.79. The molecule has 7 heteroatoms. The van der Waals surface area contributed by atoms with Gasteiger partial charge >= 0.3 is 11.9 Å². The van der Waals surface area contributed by atoms with E-state index in [0.717, 1.165) is 0 Å². The smallest absolute Gasteiger partial charge is 0.307 e. The van der Waals surface area contributed by atoms with Crippen LogP contribution in [-0.4, -0.2) is 39.5 Å². The van der Waals surface area contributed by atoms with Crippen molar-refractivity contribution in [3.63, 3.8) is 0 Å². The monoisotopic (exact) mass is 358 g/mol. The Morgan fingerprint density at radius 3 is 1.85 bits per heavy atom. The number of phenols is 2. The van der Waals surface area contributed by atoms with Crippen LogP contribution in [0.2, 0.25) is 0 Å². The zero-order valence-corrected chi connectivity index (χ0v) is 13.9. The first-order valence-electron chi connectivity index (χ1n) is 7.96. The van der Waals surface area contributed by atoms with Gasteiger partial charge in [0.1, 0.15) is 5.75 Å². The molecule has 7 nitrogen and oxygen atoms in total. The summed E-state index contributed by atoms with van der Waals surface area (Å²) in [6.45, 7) is 0. The number of hydrogen-bond donors (Lipinski definition) is 4. The third-order valence-corrected chi connectivity index (χ3v) is 4.98. The van der Waals surface area contributed by atoms with Crippen LogP contribution in [0.4, 0.5) is 0 Å². The van der Waals surface area contributed by atoms with E-state index in [2.05, 4.69) is 0 Å². The van der Waals surface area contributed by atoms with Crippen molar-refractivity contribution in [2.24, 2.45) is 11.8 Å². The zero-order chi connectivity index (χ0) is 19.0. The van der Waals surface area contributed by atoms with Gasteiger partial charge in [-0.15, -0.1) is 0 Å². The maximum Gasteiger partial charge on any atom is 0.307 e. The number of aromatic hydroxyl groups is 2. The molecule has 0 aliphatic heterocycles. The summed E-state index contributed by atoms with van der Waals surface area (Å²) < 4.78 is 5.05. The maximum atomic E-state index is 11.9. The van der Waals surface area contributed by atoms with E-state index in [1.54, 1.807) is 12.1 Å². The van der Waals surface area contributed by atoms with Gasteiger partial charge in [0.05, 0.1) is 18.9 Å². The molecule has 1 fully saturated rings. The molecule has 0 heterocycles. The topological polar surface area (TPSA) is 124 Å². The molecule has 0 saturated heterocycles. The minimum atomic E-state index is -1.10. The second-order valence-corrected chi connectivity index (χ2v) is 6.30. The molecule has 3 rings (SSSR count). The van der Waals surface area contributed by atoms with Crippen molar-refractivity contribution in [1.29, 1.82) is 0 Å². The molecule has 0 bridgehead atoms. The Kier molecular flexibility index (Phi) is 4.46. The summed E-state index contributed by atoms with van der Waals surface area (Å²) in [5.74, 6) is -5.52. The van der Waals surface area contributed by atoms with Crippen molar-refractivity contribution in [2.75, 3.05) is 7.11 Å². The molecule has 0 radical (unpaired) electrons. The van der Waals surface area contributed by atoms with Crippen LogP contribution in [0.15, 0.2) is 42.5 Å². The first-order chi connectivity index (χ1) is 12.3. The van der Waals surface area contributed by atoms with Crippen LogP contribution >= 0.6 is 0 Å². The highest BCUT2D eigenvalue weighted by molar-refractivity contribution is 5.83. The van der Waals surface area contributed by atoms with Gasteiger partial charge in [0.15, 0.2) is 11.5 Å². The lowest BCUT2D eigenvalue weighted by Crippen LogP contribution is -2.50. The minimum Gasteiger partial charge on any atom is -0.508 e. The normalized spacial score (nSPS) is 24.5. The first kappa shape index (κ1) is 17.6. The van der Waals surface area contributed by atoms with Gasteiger partial charge in [-0.05, 0) is 35.4 Å². The van der Waals surface area contributed by atoms with Gasteiger partial charge in [-0.3, -0.25) is 9.59 Å². The Hall–Kier alpha value is -3.22. The van der Waals surface area contributed by atoms with Crippen LogP contribution in [0.3, 0.4) is 0 Å². The summed E-state index contributed by atoms with van der Waals surface area (Å²) in [7, 11) is 1.36. The Balaban J connectivity index is 2.05. The summed E-state index contributed by atoms with van der Waals surface area (Å²) >= 11 is 0. The zero-order valence-electron chi connectivity index (χ0n) is 13.9. The molecule has 2 aromatic rings. The fourth-order valence-electron chi connectivity index (χ4n) is 3.79. The van der Waals surface area contributed by atoms with Gasteiger partial charge < -0.3 is 25.2 Å². The van der Waals surface area contributed by atoms with Gasteiger partial charge in [-0.2, -0.15) is 0 Å². The molecule has 2 aromatic carbocycles. The highest BCUT2D eigenvalue weighted by atomic mass is 16.5. The number of benzene rings is 2. The fraction of sp³-hybridized carbons (Fsp3) is 0.263. The molecule has 0 amide bonds. The first-order valence-corrected chi connectivity index (χ1v) is 7.96. The second kappa shape index (κ2) is 6.59. The molecule has 0 spiro atoms. The number of carboxylic acids is 2. The van der Waals surface area contributed by atoms with Crippen molar-refractivity contribution in [3.8, 4) is 17.2 Å². The minimum absolute atomic E-state index is 0.0200. The SMILES string of the molecule is COc1cc(C2[C@@H](C(=O)O)C(c3ccc(O)cc3)[C@@H]2C(=O)O)ccc1O. The van der Waals surface area contributed by atoms with Gasteiger partial charge in [-0.1, -0.05) is 18.2 Å². The summed E-state index contributed by atoms with van der Waals surface area (Å²) in [6, 6.07) is 10.2. The van der Waals surface area contributed by atoms with E-state index < -0.39 is 35.6 Å². The van der Waals surface area contributed by atoms with Crippen LogP contribution in [0.25, 0.3) is 0 Å². The molecule has 0 aromatic heterocycles. The van der Waals surface area contributed by atoms with Crippen LogP contribution in [0.5, 0.6) is 17.2 Å². The van der Waals surface area contributed by atoms with Gasteiger partial charge in [-0.25, -0.2) is 0 Å². The number of ether oxygens (including phenoxy) is 1. The average Bonchev–Trinajstić information content (AvgIpc) is 2.56. The van der Waals surface area contributed by atoms with Gasteiger partial charge in [0.25, 0.3) is 0 Å². The van der Waals surface area contributed by atoms with E-state index in [4.69, 9.17) is 4.74 Å². The van der Waals surface area contributed by atoms with E-state index in [9.17, 15) is 30.0 Å². The van der Waals surface area contributed by atoms with Crippen molar-refractivity contribution in [2.45, 2.75) is 11.8 Å². The van der Waals surface area contributed by atoms with E-state index in [1.165, 1.54) is 37.4 Å². The van der Waals surface area contributed by atoms with Crippen molar-refractivity contribution >= 4 is 11.9 Å². The van der Waals surface area contributed by atoms with Crippen LogP contribution < -0.4 is 4.74 Å². The number of rotatable bonds is 5. The largest absolute Gasteiger partial charge is 0.508 e. The Bertz CT molecular complexity index is 821. The average molecular weight is 358 g/mol. The summed E-state index contributed by atoms with van der Waals surface area (Å²) in [5.41, 5.74) is 1.03. The maximum absolute atomic E-state index is 11.9. The molecule has 0 unspecified atom stereocenters. The molecule has 1 aliphatic carbocycles. The van der Waals surface area contributed by atoms with E-state index in [0.29, 0.717) is 11.1 Å². The molecule has 136 valence electrons. The highest BCUT2D eigenvalue weighted by Crippen LogP contribution is 2.58. The number of carboxylic acid groups (broad SMARTS) is 2. The third kappa shape index (κ3) is 2.81. The molecule has 26 heavy (non-hydrogen) atoms. The molecule has 4 N–H and O–H groups in total. The van der Waals surface area contributed by atoms with Crippen LogP contribution in [0, 0.1) is 11.8 Å². The van der Waals surface area contributed by atoms with Gasteiger partial charge in [0.2, 0.25) is 0 Å². The summed E-state index contributed by atoms with van der Waals surface area (Å²) in [6.07, 6.45) is 0. The van der Waals surface area contributed by atoms with Crippen molar-refractivity contribution in [1.82, 2.24) is 0 Å². The van der Waals surface area contributed by atoms with E-state index >= 15 is 0 Å². The highest BCUT2D eigenvalue weighted by Gasteiger charge is 2.58. The third-order valence-electron chi connectivity index (χ3n) is 4.98.